The number of aliphatic hydroxyl groups excluding tert-OH is 1. The van der Waals surface area contributed by atoms with Crippen molar-refractivity contribution in [1.82, 2.24) is 15.2 Å². The van der Waals surface area contributed by atoms with Gasteiger partial charge >= 0.3 is 0 Å². The van der Waals surface area contributed by atoms with Crippen LogP contribution >= 0.6 is 0 Å². The first kappa shape index (κ1) is 18.3. The molecule has 7 heteroatoms. The number of β-amino-alcohol motifs (C(OH)–C–C–N with tert-alkyl or cyclic N) is 2. The van der Waals surface area contributed by atoms with E-state index in [1.54, 1.807) is 18.2 Å². The lowest BCUT2D eigenvalue weighted by Crippen LogP contribution is -2.51. The van der Waals surface area contributed by atoms with Gasteiger partial charge < -0.3 is 20.3 Å². The van der Waals surface area contributed by atoms with E-state index in [2.05, 4.69) is 10.3 Å². The molecule has 0 radical (unpaired) electrons. The second-order valence-corrected chi connectivity index (χ2v) is 6.41. The van der Waals surface area contributed by atoms with Gasteiger partial charge in [-0.2, -0.15) is 0 Å². The monoisotopic (exact) mass is 357 g/mol. The molecule has 0 unspecified atom stereocenters. The van der Waals surface area contributed by atoms with E-state index < -0.39 is 11.7 Å². The van der Waals surface area contributed by atoms with Gasteiger partial charge in [-0.1, -0.05) is 24.3 Å². The third kappa shape index (κ3) is 4.57. The molecule has 26 heavy (non-hydrogen) atoms. The first-order valence-corrected chi connectivity index (χ1v) is 8.57. The van der Waals surface area contributed by atoms with E-state index in [0.29, 0.717) is 19.7 Å². The van der Waals surface area contributed by atoms with Crippen LogP contribution in [0.4, 0.5) is 0 Å². The summed E-state index contributed by atoms with van der Waals surface area (Å²) in [7, 11) is 0. The van der Waals surface area contributed by atoms with Gasteiger partial charge in [0, 0.05) is 25.8 Å². The molecule has 0 saturated carbocycles. The lowest BCUT2D eigenvalue weighted by Gasteiger charge is -2.26. The van der Waals surface area contributed by atoms with Crippen LogP contribution in [0.3, 0.4) is 0 Å². The van der Waals surface area contributed by atoms with Gasteiger partial charge in [0.25, 0.3) is 5.91 Å². The first-order chi connectivity index (χ1) is 12.6. The Morgan fingerprint density at radius 3 is 2.77 bits per heavy atom. The number of nitrogens with one attached hydrogen (secondary N) is 1. The van der Waals surface area contributed by atoms with Crippen molar-refractivity contribution < 1.29 is 19.7 Å². The summed E-state index contributed by atoms with van der Waals surface area (Å²) in [5.74, 6) is 0.405. The minimum absolute atomic E-state index is 0.0420. The molecule has 2 heterocycles. The maximum Gasteiger partial charge on any atom is 0.269 e. The fraction of sp³-hybridized carbons (Fsp3) is 0.368. The maximum atomic E-state index is 12.1. The number of hydrogen-bond donors (Lipinski definition) is 3. The van der Waals surface area contributed by atoms with Crippen molar-refractivity contribution >= 4 is 5.91 Å². The van der Waals surface area contributed by atoms with E-state index in [1.807, 2.05) is 35.2 Å². The minimum Gasteiger partial charge on any atom is -0.492 e. The van der Waals surface area contributed by atoms with E-state index in [1.165, 1.54) is 6.20 Å². The molecular formula is C19H23N3O4. The molecule has 0 bridgehead atoms. The van der Waals surface area contributed by atoms with Gasteiger partial charge in [0.1, 0.15) is 23.7 Å². The number of carbonyl (C=O) groups is 1. The molecule has 1 aromatic heterocycles. The number of rotatable bonds is 7. The number of para-hydroxylation sites is 1. The summed E-state index contributed by atoms with van der Waals surface area (Å²) in [5, 5.41) is 23.5. The van der Waals surface area contributed by atoms with Crippen LogP contribution in [0.2, 0.25) is 0 Å². The molecule has 1 saturated heterocycles. The summed E-state index contributed by atoms with van der Waals surface area (Å²) in [6.07, 6.45) is 0.589. The maximum absolute atomic E-state index is 12.1. The summed E-state index contributed by atoms with van der Waals surface area (Å²) < 4.78 is 5.64. The highest BCUT2D eigenvalue weighted by Crippen LogP contribution is 2.21. The molecule has 138 valence electrons. The zero-order valence-electron chi connectivity index (χ0n) is 14.4. The van der Waals surface area contributed by atoms with Gasteiger partial charge in [-0.15, -0.1) is 0 Å². The molecule has 1 fully saturated rings. The second kappa shape index (κ2) is 8.27. The first-order valence-electron chi connectivity index (χ1n) is 8.57. The molecule has 0 spiro atoms. The predicted octanol–water partition coefficient (Wildman–Crippen LogP) is 0.298. The van der Waals surface area contributed by atoms with E-state index >= 15 is 0 Å². The van der Waals surface area contributed by atoms with Gasteiger partial charge in [0.15, 0.2) is 0 Å². The van der Waals surface area contributed by atoms with Crippen LogP contribution in [0.5, 0.6) is 5.75 Å². The lowest BCUT2D eigenvalue weighted by atomic mass is 10.0. The summed E-state index contributed by atoms with van der Waals surface area (Å²) >= 11 is 0. The molecule has 1 aliphatic rings. The number of hydrogen-bond acceptors (Lipinski definition) is 6. The van der Waals surface area contributed by atoms with Crippen LogP contribution in [-0.4, -0.2) is 70.5 Å². The highest BCUT2D eigenvalue weighted by molar-refractivity contribution is 5.92. The number of aliphatic hydroxyl groups is 2. The Balaban J connectivity index is 1.46. The number of pyridine rings is 1. The summed E-state index contributed by atoms with van der Waals surface area (Å²) in [6, 6.07) is 14.5. The highest BCUT2D eigenvalue weighted by atomic mass is 16.5. The number of amides is 1. The molecule has 2 aromatic rings. The normalized spacial score (nSPS) is 22.9. The van der Waals surface area contributed by atoms with Crippen LogP contribution in [0, 0.1) is 0 Å². The Labute approximate surface area is 152 Å². The van der Waals surface area contributed by atoms with Crippen molar-refractivity contribution in [3.63, 3.8) is 0 Å². The summed E-state index contributed by atoms with van der Waals surface area (Å²) in [5.41, 5.74) is -1.12. The Kier molecular flexibility index (Phi) is 5.82. The van der Waals surface area contributed by atoms with Crippen molar-refractivity contribution in [2.24, 2.45) is 0 Å². The van der Waals surface area contributed by atoms with Crippen molar-refractivity contribution in [3.8, 4) is 5.75 Å². The Hall–Kier alpha value is -2.48. The second-order valence-electron chi connectivity index (χ2n) is 6.41. The largest absolute Gasteiger partial charge is 0.492 e. The van der Waals surface area contributed by atoms with Crippen LogP contribution in [0.1, 0.15) is 10.5 Å². The number of ether oxygens (including phenoxy) is 1. The molecular weight excluding hydrogens is 334 g/mol. The fourth-order valence-electron chi connectivity index (χ4n) is 2.95. The van der Waals surface area contributed by atoms with Crippen LogP contribution in [-0.2, 0) is 0 Å². The van der Waals surface area contributed by atoms with Gasteiger partial charge in [0.2, 0.25) is 0 Å². The molecule has 0 aliphatic carbocycles. The average molecular weight is 357 g/mol. The summed E-state index contributed by atoms with van der Waals surface area (Å²) in [4.78, 5) is 17.9. The van der Waals surface area contributed by atoms with Crippen LogP contribution in [0.15, 0.2) is 54.7 Å². The molecule has 7 nitrogen and oxygen atoms in total. The SMILES string of the molecule is O=C(NC[C@]1(O)CN(CCOc2ccccc2)C[C@H]1O)c1ccccn1. The van der Waals surface area contributed by atoms with Gasteiger partial charge in [-0.3, -0.25) is 14.7 Å². The van der Waals surface area contributed by atoms with Crippen LogP contribution in [0.25, 0.3) is 0 Å². The molecule has 3 N–H and O–H groups in total. The number of aromatic nitrogens is 1. The van der Waals surface area contributed by atoms with E-state index in [-0.39, 0.29) is 24.7 Å². The predicted molar refractivity (Wildman–Crippen MR) is 95.9 cm³/mol. The molecule has 3 rings (SSSR count). The van der Waals surface area contributed by atoms with Gasteiger partial charge in [-0.25, -0.2) is 0 Å². The summed E-state index contributed by atoms with van der Waals surface area (Å²) in [6.45, 7) is 1.57. The standard InChI is InChI=1S/C19H23N3O4/c23-17-12-22(10-11-26-15-6-2-1-3-7-15)14-19(17,25)13-21-18(24)16-8-4-5-9-20-16/h1-9,17,23,25H,10-14H2,(H,21,24)/t17-,19+/m1/s1. The van der Waals surface area contributed by atoms with E-state index in [0.717, 1.165) is 5.75 Å². The van der Waals surface area contributed by atoms with E-state index in [9.17, 15) is 15.0 Å². The Morgan fingerprint density at radius 2 is 2.04 bits per heavy atom. The zero-order valence-corrected chi connectivity index (χ0v) is 14.4. The number of nitrogens with zero attached hydrogens (tertiary/aromatic N) is 2. The smallest absolute Gasteiger partial charge is 0.269 e. The van der Waals surface area contributed by atoms with E-state index in [4.69, 9.17) is 4.74 Å². The zero-order chi connectivity index (χ0) is 18.4. The number of likely N-dealkylation sites (tertiary alicyclic amines) is 1. The van der Waals surface area contributed by atoms with Gasteiger partial charge in [-0.05, 0) is 24.3 Å². The third-order valence-corrected chi connectivity index (χ3v) is 4.42. The average Bonchev–Trinajstić information content (AvgIpc) is 2.95. The van der Waals surface area contributed by atoms with Crippen molar-refractivity contribution in [2.45, 2.75) is 11.7 Å². The topological polar surface area (TPSA) is 94.9 Å². The Morgan fingerprint density at radius 1 is 1.27 bits per heavy atom. The van der Waals surface area contributed by atoms with Crippen molar-refractivity contribution in [1.29, 1.82) is 0 Å². The minimum atomic E-state index is -1.39. The number of benzene rings is 1. The molecule has 1 aromatic carbocycles. The van der Waals surface area contributed by atoms with Crippen molar-refractivity contribution in [3.05, 3.63) is 60.4 Å². The fourth-order valence-corrected chi connectivity index (χ4v) is 2.95. The van der Waals surface area contributed by atoms with Crippen LogP contribution < -0.4 is 10.1 Å². The third-order valence-electron chi connectivity index (χ3n) is 4.42. The molecule has 2 atom stereocenters. The highest BCUT2D eigenvalue weighted by Gasteiger charge is 2.44. The lowest BCUT2D eigenvalue weighted by molar-refractivity contribution is -0.0377. The van der Waals surface area contributed by atoms with Gasteiger partial charge in [0.05, 0.1) is 12.6 Å². The quantitative estimate of drug-likeness (QED) is 0.660. The Bertz CT molecular complexity index is 713. The number of carbonyl (C=O) groups excluding carboxylic acids is 1. The van der Waals surface area contributed by atoms with Crippen molar-refractivity contribution in [2.75, 3.05) is 32.8 Å². The molecule has 1 amide bonds. The molecule has 1 aliphatic heterocycles.